The van der Waals surface area contributed by atoms with Crippen molar-refractivity contribution in [1.82, 2.24) is 0 Å². The first-order valence-electron chi connectivity index (χ1n) is 0. The second-order valence-corrected chi connectivity index (χ2v) is 0. The molecule has 0 aliphatic rings. The number of rotatable bonds is 0. The van der Waals surface area contributed by atoms with Gasteiger partial charge in [0.15, 0.2) is 0 Å². The van der Waals surface area contributed by atoms with Crippen LogP contribution in [0.1, 0.15) is 0 Å². The molecule has 0 aliphatic carbocycles. The van der Waals surface area contributed by atoms with Gasteiger partial charge in [0.25, 0.3) is 0 Å². The summed E-state index contributed by atoms with van der Waals surface area (Å²) in [5, 5.41) is 0. The van der Waals surface area contributed by atoms with Gasteiger partial charge in [0.2, 0.25) is 0 Å². The van der Waals surface area contributed by atoms with Crippen LogP contribution < -0.4 is 0 Å². The molecule has 0 rings (SSSR count). The van der Waals surface area contributed by atoms with Crippen molar-refractivity contribution in [3.05, 3.63) is 0 Å². The molecule has 0 N–H and O–H groups in total. The van der Waals surface area contributed by atoms with Crippen LogP contribution in [0.5, 0.6) is 0 Å². The monoisotopic (exact) mass is 8190 g/mol. The van der Waals surface area contributed by atoms with E-state index in [2.05, 4.69) is 0 Å². The number of hydrogen-bond acceptors (Lipinski definition) is 0. The van der Waals surface area contributed by atoms with Gasteiger partial charge < -0.3 is 0 Å². The van der Waals surface area contributed by atoms with Crippen LogP contribution in [-0.4, -0.2) is 0 Å². The Bertz CT molecular complexity index is 0. The van der Waals surface area contributed by atoms with E-state index in [1.165, 1.54) is 0 Å². The van der Waals surface area contributed by atoms with Gasteiger partial charge in [-0.3, -0.25) is 0 Å². The maximum absolute atomic E-state index is 0. The molecule has 0 saturated heterocycles. The molecule has 0 aliphatic heterocycles. The summed E-state index contributed by atoms with van der Waals surface area (Å²) in [6, 6.07) is 0. The van der Waals surface area contributed by atoms with E-state index in [0.717, 1.165) is 0 Å². The standard InChI is InChI=1S/42Pt. The van der Waals surface area contributed by atoms with Crippen molar-refractivity contribution in [2.45, 2.75) is 0 Å². The predicted molar refractivity (Wildman–Crippen MR) is 0 cm³/mol. The van der Waals surface area contributed by atoms with E-state index < -0.39 is 0 Å². The van der Waals surface area contributed by atoms with Crippen LogP contribution in [0.25, 0.3) is 0 Å². The summed E-state index contributed by atoms with van der Waals surface area (Å²) in [6.07, 6.45) is 0. The van der Waals surface area contributed by atoms with E-state index in [1.807, 2.05) is 0 Å². The van der Waals surface area contributed by atoms with Gasteiger partial charge in [0, 0.05) is 885 Å². The van der Waals surface area contributed by atoms with E-state index in [0.29, 0.717) is 0 Å². The Balaban J connectivity index is 0. The van der Waals surface area contributed by atoms with Crippen LogP contribution >= 0.6 is 0 Å². The molecule has 0 radical (unpaired) electrons. The molecule has 0 amide bonds. The van der Waals surface area contributed by atoms with Gasteiger partial charge in [-0.05, 0) is 0 Å². The second kappa shape index (κ2) is 397. The molecule has 0 aromatic heterocycles. The van der Waals surface area contributed by atoms with Crippen LogP contribution in [-0.2, 0) is 885 Å². The fraction of sp³-hybridized carbons (Fsp3) is 0. The van der Waals surface area contributed by atoms with E-state index in [9.17, 15) is 0 Å². The predicted octanol–water partition coefficient (Wildman–Crippen LogP) is -0.105. The third-order valence-electron chi connectivity index (χ3n) is 0. The van der Waals surface area contributed by atoms with Crippen molar-refractivity contribution in [2.75, 3.05) is 0 Å². The van der Waals surface area contributed by atoms with Crippen LogP contribution in [0.15, 0.2) is 0 Å². The summed E-state index contributed by atoms with van der Waals surface area (Å²) in [5.74, 6) is 0. The van der Waals surface area contributed by atoms with Gasteiger partial charge in [-0.15, -0.1) is 0 Å². The largest absolute Gasteiger partial charge is 0 e. The first-order valence-corrected chi connectivity index (χ1v) is 0. The average Bonchev–Trinajstić information content (AvgIpc) is 0. The molecule has 0 aromatic rings. The van der Waals surface area contributed by atoms with Crippen molar-refractivity contribution < 1.29 is 885 Å². The van der Waals surface area contributed by atoms with E-state index in [1.54, 1.807) is 0 Å². The van der Waals surface area contributed by atoms with Gasteiger partial charge in [-0.2, -0.15) is 0 Å². The smallest absolute Gasteiger partial charge is 0 e. The zero-order valence-electron chi connectivity index (χ0n) is 13.3. The van der Waals surface area contributed by atoms with Gasteiger partial charge >= 0.3 is 0 Å². The first kappa shape index (κ1) is 415. The molecule has 0 atom stereocenters. The average molecular weight is 8190 g/mol. The Morgan fingerprint density at radius 2 is 0.0238 bits per heavy atom. The van der Waals surface area contributed by atoms with E-state index in [4.69, 9.17) is 0 Å². The molecule has 0 bridgehead atoms. The molecule has 42 heteroatoms. The summed E-state index contributed by atoms with van der Waals surface area (Å²) in [5.41, 5.74) is 0. The summed E-state index contributed by atoms with van der Waals surface area (Å²) in [6.45, 7) is 0. The zero-order chi connectivity index (χ0) is 0. The Morgan fingerprint density at radius 1 is 0.0238 bits per heavy atom. The topological polar surface area (TPSA) is 0 Å². The second-order valence-electron chi connectivity index (χ2n) is 0. The molecule has 0 aromatic carbocycles. The van der Waals surface area contributed by atoms with Gasteiger partial charge in [0.1, 0.15) is 0 Å². The summed E-state index contributed by atoms with van der Waals surface area (Å²) < 4.78 is 0. The maximum atomic E-state index is 0. The Morgan fingerprint density at radius 3 is 0.0238 bits per heavy atom. The van der Waals surface area contributed by atoms with Gasteiger partial charge in [-0.1, -0.05) is 0 Å². The molecule has 0 heterocycles. The zero-order valence-corrected chi connectivity index (χ0v) is 109. The fourth-order valence-electron chi connectivity index (χ4n) is 0. The maximum Gasteiger partial charge on any atom is 0 e. The summed E-state index contributed by atoms with van der Waals surface area (Å²) in [4.78, 5) is 0. The van der Waals surface area contributed by atoms with Crippen molar-refractivity contribution in [3.8, 4) is 0 Å². The first-order chi connectivity index (χ1) is 0. The fourth-order valence-corrected chi connectivity index (χ4v) is 0. The normalized spacial score (nSPS) is 0. The SMILES string of the molecule is [Pt].[Pt].[Pt].[Pt].[Pt].[Pt].[Pt].[Pt].[Pt].[Pt].[Pt].[Pt].[Pt].[Pt].[Pt].[Pt].[Pt].[Pt].[Pt].[Pt].[Pt].[Pt].[Pt].[Pt].[Pt].[Pt].[Pt].[Pt].[Pt].[Pt].[Pt].[Pt].[Pt].[Pt].[Pt].[Pt].[Pt].[Pt].[Pt].[Pt].[Pt].[Pt]. The van der Waals surface area contributed by atoms with Crippen molar-refractivity contribution in [1.29, 1.82) is 0 Å². The molecular weight excluding hydrogens is 8190 g/mol. The molecule has 0 nitrogen and oxygen atoms in total. The van der Waals surface area contributed by atoms with E-state index >= 15 is 0 Å². The molecular formula is Pt42. The number of hydrogen-bond donors (Lipinski definition) is 0. The summed E-state index contributed by atoms with van der Waals surface area (Å²) in [7, 11) is 0. The van der Waals surface area contributed by atoms with Gasteiger partial charge in [0.05, 0.1) is 0 Å². The Labute approximate surface area is 858 Å². The minimum absolute atomic E-state index is 0. The minimum atomic E-state index is 0. The van der Waals surface area contributed by atoms with Crippen molar-refractivity contribution in [2.24, 2.45) is 0 Å². The Hall–Kier alpha value is 28.9. The third-order valence-corrected chi connectivity index (χ3v) is 0. The Kier molecular flexibility index (Phi) is 3920. The minimum Gasteiger partial charge on any atom is 0 e. The molecule has 0 spiro atoms. The molecule has 420 valence electrons. The molecule has 42 heavy (non-hydrogen) atoms. The van der Waals surface area contributed by atoms with Gasteiger partial charge in [-0.25, -0.2) is 0 Å². The molecule has 0 unspecified atom stereocenters. The molecule has 0 fully saturated rings. The quantitative estimate of drug-likeness (QED) is 0.319. The van der Waals surface area contributed by atoms with E-state index in [-0.39, 0.29) is 885 Å². The van der Waals surface area contributed by atoms with Crippen molar-refractivity contribution in [3.63, 3.8) is 0 Å². The van der Waals surface area contributed by atoms with Crippen molar-refractivity contribution >= 4 is 0 Å². The molecule has 0 saturated carbocycles. The summed E-state index contributed by atoms with van der Waals surface area (Å²) >= 11 is 0. The third kappa shape index (κ3) is 380. The van der Waals surface area contributed by atoms with Crippen LogP contribution in [0.2, 0.25) is 0 Å². The van der Waals surface area contributed by atoms with Crippen LogP contribution in [0, 0.1) is 0 Å². The van der Waals surface area contributed by atoms with Crippen LogP contribution in [0.3, 0.4) is 0 Å². The van der Waals surface area contributed by atoms with Crippen LogP contribution in [0.4, 0.5) is 0 Å².